The largest absolute Gasteiger partial charge is 0.475 e. The minimum atomic E-state index is -1.05. The summed E-state index contributed by atoms with van der Waals surface area (Å²) in [5.41, 5.74) is 3.02. The quantitative estimate of drug-likeness (QED) is 0.732. The maximum absolute atomic E-state index is 11.0. The van der Waals surface area contributed by atoms with Crippen molar-refractivity contribution in [3.8, 4) is 0 Å². The standard InChI is InChI=1S/C19H19NO4S/c21-10-15-8-20(9-16(15)13-3-4-25-11-13)7-12-1-2-17-14(5-12)6-18(24-17)19(22)23/h1-6,11,15-16,21H,7-10H2,(H,22,23)/t15-,16-/m0/s1. The van der Waals surface area contributed by atoms with Crippen LogP contribution in [0.3, 0.4) is 0 Å². The van der Waals surface area contributed by atoms with Gasteiger partial charge in [0.2, 0.25) is 5.76 Å². The molecule has 3 heterocycles. The van der Waals surface area contributed by atoms with Crippen LogP contribution in [0.2, 0.25) is 0 Å². The van der Waals surface area contributed by atoms with E-state index >= 15 is 0 Å². The van der Waals surface area contributed by atoms with Crippen molar-refractivity contribution < 1.29 is 19.4 Å². The van der Waals surface area contributed by atoms with E-state index in [-0.39, 0.29) is 18.3 Å². The molecule has 5 nitrogen and oxygen atoms in total. The molecule has 3 aromatic rings. The van der Waals surface area contributed by atoms with Gasteiger partial charge in [0, 0.05) is 43.5 Å². The zero-order valence-electron chi connectivity index (χ0n) is 13.6. The van der Waals surface area contributed by atoms with E-state index in [1.807, 2.05) is 18.2 Å². The minimum absolute atomic E-state index is 0.0359. The zero-order valence-corrected chi connectivity index (χ0v) is 14.4. The highest BCUT2D eigenvalue weighted by atomic mass is 32.1. The monoisotopic (exact) mass is 357 g/mol. The molecule has 4 rings (SSSR count). The molecule has 0 saturated carbocycles. The molecule has 6 heteroatoms. The van der Waals surface area contributed by atoms with Gasteiger partial charge in [-0.05, 0) is 46.2 Å². The maximum Gasteiger partial charge on any atom is 0.371 e. The van der Waals surface area contributed by atoms with Gasteiger partial charge in [0.15, 0.2) is 0 Å². The average molecular weight is 357 g/mol. The third-order valence-electron chi connectivity index (χ3n) is 4.92. The number of rotatable bonds is 5. The van der Waals surface area contributed by atoms with E-state index in [2.05, 4.69) is 21.7 Å². The summed E-state index contributed by atoms with van der Waals surface area (Å²) >= 11 is 1.69. The third-order valence-corrected chi connectivity index (χ3v) is 5.62. The molecule has 1 aliphatic rings. The van der Waals surface area contributed by atoms with Crippen LogP contribution in [0.15, 0.2) is 45.5 Å². The fraction of sp³-hybridized carbons (Fsp3) is 0.316. The van der Waals surface area contributed by atoms with E-state index in [1.54, 1.807) is 17.4 Å². The number of hydrogen-bond acceptors (Lipinski definition) is 5. The molecule has 1 saturated heterocycles. The summed E-state index contributed by atoms with van der Waals surface area (Å²) in [4.78, 5) is 13.4. The Bertz CT molecular complexity index is 886. The first-order valence-electron chi connectivity index (χ1n) is 8.25. The topological polar surface area (TPSA) is 73.9 Å². The molecule has 0 unspecified atom stereocenters. The summed E-state index contributed by atoms with van der Waals surface area (Å²) in [6.45, 7) is 2.76. The SMILES string of the molecule is O=C(O)c1cc2cc(CN3C[C@@H](CO)[C@H](c4ccsc4)C3)ccc2o1. The molecule has 1 aliphatic heterocycles. The Morgan fingerprint density at radius 1 is 1.28 bits per heavy atom. The molecular weight excluding hydrogens is 338 g/mol. The summed E-state index contributed by atoms with van der Waals surface area (Å²) in [6, 6.07) is 9.50. The Balaban J connectivity index is 1.52. The fourth-order valence-corrected chi connectivity index (χ4v) is 4.42. The number of aliphatic hydroxyl groups is 1. The van der Waals surface area contributed by atoms with Crippen LogP contribution in [0.4, 0.5) is 0 Å². The Kier molecular flexibility index (Phi) is 4.33. The Morgan fingerprint density at radius 3 is 2.88 bits per heavy atom. The number of benzene rings is 1. The molecule has 2 N–H and O–H groups in total. The molecule has 0 spiro atoms. The van der Waals surface area contributed by atoms with Gasteiger partial charge in [-0.15, -0.1) is 0 Å². The third kappa shape index (κ3) is 3.20. The van der Waals surface area contributed by atoms with Gasteiger partial charge < -0.3 is 14.6 Å². The lowest BCUT2D eigenvalue weighted by Gasteiger charge is -2.15. The number of furan rings is 1. The normalized spacial score (nSPS) is 21.2. The van der Waals surface area contributed by atoms with Crippen molar-refractivity contribution in [1.29, 1.82) is 0 Å². The van der Waals surface area contributed by atoms with Gasteiger partial charge in [0.1, 0.15) is 5.58 Å². The highest BCUT2D eigenvalue weighted by Gasteiger charge is 2.33. The van der Waals surface area contributed by atoms with Crippen LogP contribution >= 0.6 is 11.3 Å². The van der Waals surface area contributed by atoms with E-state index in [4.69, 9.17) is 9.52 Å². The van der Waals surface area contributed by atoms with Crippen molar-refractivity contribution in [2.45, 2.75) is 12.5 Å². The average Bonchev–Trinajstić information content (AvgIpc) is 3.33. The van der Waals surface area contributed by atoms with Crippen molar-refractivity contribution in [2.24, 2.45) is 5.92 Å². The van der Waals surface area contributed by atoms with Gasteiger partial charge >= 0.3 is 5.97 Å². The second-order valence-electron chi connectivity index (χ2n) is 6.59. The summed E-state index contributed by atoms with van der Waals surface area (Å²) in [5, 5.41) is 23.8. The summed E-state index contributed by atoms with van der Waals surface area (Å²) < 4.78 is 5.31. The van der Waals surface area contributed by atoms with Crippen LogP contribution in [0.25, 0.3) is 11.0 Å². The number of thiophene rings is 1. The van der Waals surface area contributed by atoms with Crippen LogP contribution in [0.5, 0.6) is 0 Å². The van der Waals surface area contributed by atoms with E-state index in [9.17, 15) is 9.90 Å². The Hall–Kier alpha value is -2.15. The van der Waals surface area contributed by atoms with Crippen molar-refractivity contribution in [3.05, 3.63) is 58.0 Å². The molecule has 1 fully saturated rings. The lowest BCUT2D eigenvalue weighted by molar-refractivity contribution is 0.0665. The number of nitrogens with zero attached hydrogens (tertiary/aromatic N) is 1. The number of fused-ring (bicyclic) bond motifs is 1. The van der Waals surface area contributed by atoms with Gasteiger partial charge in [-0.3, -0.25) is 4.90 Å². The smallest absolute Gasteiger partial charge is 0.371 e. The first-order valence-corrected chi connectivity index (χ1v) is 9.19. The maximum atomic E-state index is 11.0. The van der Waals surface area contributed by atoms with Gasteiger partial charge in [0.25, 0.3) is 0 Å². The molecule has 25 heavy (non-hydrogen) atoms. The molecule has 130 valence electrons. The van der Waals surface area contributed by atoms with Gasteiger partial charge in [-0.25, -0.2) is 4.79 Å². The van der Waals surface area contributed by atoms with E-state index in [1.165, 1.54) is 5.56 Å². The number of carboxylic acid groups (broad SMARTS) is 1. The first kappa shape index (κ1) is 16.3. The molecule has 0 radical (unpaired) electrons. The van der Waals surface area contributed by atoms with Crippen molar-refractivity contribution in [3.63, 3.8) is 0 Å². The van der Waals surface area contributed by atoms with Crippen molar-refractivity contribution in [1.82, 2.24) is 4.90 Å². The van der Waals surface area contributed by atoms with Crippen LogP contribution in [-0.2, 0) is 6.54 Å². The highest BCUT2D eigenvalue weighted by Crippen LogP contribution is 2.34. The van der Waals surface area contributed by atoms with E-state index < -0.39 is 5.97 Å². The van der Waals surface area contributed by atoms with Gasteiger partial charge in [-0.2, -0.15) is 11.3 Å². The second kappa shape index (κ2) is 6.63. The second-order valence-corrected chi connectivity index (χ2v) is 7.37. The van der Waals surface area contributed by atoms with E-state index in [0.717, 1.165) is 30.6 Å². The Labute approximate surface area is 149 Å². The number of carboxylic acids is 1. The van der Waals surface area contributed by atoms with Crippen LogP contribution in [0, 0.1) is 5.92 Å². The van der Waals surface area contributed by atoms with Crippen molar-refractivity contribution >= 4 is 28.3 Å². The summed E-state index contributed by atoms with van der Waals surface area (Å²) in [7, 11) is 0. The molecular formula is C19H19NO4S. The lowest BCUT2D eigenvalue weighted by Crippen LogP contribution is -2.20. The molecule has 2 aromatic heterocycles. The van der Waals surface area contributed by atoms with Crippen molar-refractivity contribution in [2.75, 3.05) is 19.7 Å². The number of hydrogen-bond donors (Lipinski definition) is 2. The first-order chi connectivity index (χ1) is 12.1. The molecule has 0 aliphatic carbocycles. The van der Waals surface area contributed by atoms with Crippen LogP contribution in [-0.4, -0.2) is 40.8 Å². The van der Waals surface area contributed by atoms with Crippen LogP contribution < -0.4 is 0 Å². The van der Waals surface area contributed by atoms with E-state index in [0.29, 0.717) is 11.5 Å². The molecule has 0 amide bonds. The predicted molar refractivity (Wildman–Crippen MR) is 96.1 cm³/mol. The molecule has 2 atom stereocenters. The number of likely N-dealkylation sites (tertiary alicyclic amines) is 1. The minimum Gasteiger partial charge on any atom is -0.475 e. The number of aromatic carboxylic acids is 1. The molecule has 0 bridgehead atoms. The highest BCUT2D eigenvalue weighted by molar-refractivity contribution is 7.08. The van der Waals surface area contributed by atoms with Gasteiger partial charge in [-0.1, -0.05) is 6.07 Å². The summed E-state index contributed by atoms with van der Waals surface area (Å²) in [6.07, 6.45) is 0. The lowest BCUT2D eigenvalue weighted by atomic mass is 9.92. The van der Waals surface area contributed by atoms with Crippen LogP contribution in [0.1, 0.15) is 27.6 Å². The van der Waals surface area contributed by atoms with Gasteiger partial charge in [0.05, 0.1) is 0 Å². The number of carbonyl (C=O) groups is 1. The predicted octanol–water partition coefficient (Wildman–Crippen LogP) is 3.40. The number of aliphatic hydroxyl groups excluding tert-OH is 1. The summed E-state index contributed by atoms with van der Waals surface area (Å²) in [5.74, 6) is -0.466. The Morgan fingerprint density at radius 2 is 2.16 bits per heavy atom. The fourth-order valence-electron chi connectivity index (χ4n) is 3.69. The zero-order chi connectivity index (χ0) is 17.4. The molecule has 1 aromatic carbocycles.